The maximum atomic E-state index is 13.0. The number of nitrogens with one attached hydrogen (secondary N) is 1. The maximum Gasteiger partial charge on any atom is 0.355 e. The van der Waals surface area contributed by atoms with E-state index in [2.05, 4.69) is 10.5 Å². The van der Waals surface area contributed by atoms with Crippen LogP contribution in [0.2, 0.25) is 0 Å². The lowest BCUT2D eigenvalue weighted by atomic mass is 9.98. The summed E-state index contributed by atoms with van der Waals surface area (Å²) in [6, 6.07) is 14.3. The van der Waals surface area contributed by atoms with Crippen molar-refractivity contribution in [2.45, 2.75) is 32.8 Å². The number of amides is 1. The average molecular weight is 364 g/mol. The minimum Gasteiger partial charge on any atom is -0.444 e. The number of ether oxygens (including phenoxy) is 1. The van der Waals surface area contributed by atoms with Crippen LogP contribution in [0.5, 0.6) is 0 Å². The molecular weight excluding hydrogens is 344 g/mol. The van der Waals surface area contributed by atoms with Crippen LogP contribution in [0.4, 0.5) is 0 Å². The Morgan fingerprint density at radius 1 is 0.963 bits per heavy atom. The van der Waals surface area contributed by atoms with Crippen LogP contribution in [0.3, 0.4) is 0 Å². The molecule has 0 saturated heterocycles. The molecule has 1 aliphatic heterocycles. The Kier molecular flexibility index (Phi) is 5.45. The van der Waals surface area contributed by atoms with E-state index < -0.39 is 12.1 Å². The minimum atomic E-state index is -1.08. The molecule has 138 valence electrons. The second kappa shape index (κ2) is 7.95. The monoisotopic (exact) mass is 364 g/mol. The molecule has 0 aromatic heterocycles. The van der Waals surface area contributed by atoms with Crippen molar-refractivity contribution >= 4 is 23.4 Å². The predicted octanol–water partition coefficient (Wildman–Crippen LogP) is 3.04. The Morgan fingerprint density at radius 3 is 2.11 bits per heavy atom. The molecule has 1 aliphatic rings. The molecular formula is C21H20N2O4. The number of aryl methyl sites for hydroxylation is 2. The molecule has 6 heteroatoms. The highest BCUT2D eigenvalue weighted by Gasteiger charge is 2.29. The first-order chi connectivity index (χ1) is 12.9. The highest BCUT2D eigenvalue weighted by molar-refractivity contribution is 6.37. The molecule has 6 nitrogen and oxygen atoms in total. The zero-order chi connectivity index (χ0) is 19.4. The van der Waals surface area contributed by atoms with Gasteiger partial charge in [-0.1, -0.05) is 59.7 Å². The fraction of sp³-hybridized carbons (Fsp3) is 0.238. The Hall–Kier alpha value is -3.28. The van der Waals surface area contributed by atoms with Crippen molar-refractivity contribution in [3.05, 3.63) is 70.8 Å². The van der Waals surface area contributed by atoms with Crippen molar-refractivity contribution in [2.75, 3.05) is 0 Å². The summed E-state index contributed by atoms with van der Waals surface area (Å²) >= 11 is 0. The van der Waals surface area contributed by atoms with Crippen molar-refractivity contribution in [3.8, 4) is 0 Å². The standard InChI is InChI=1S/C21H20N2O4/c1-13-3-7-15(8-4-13)19(25)20(16-9-5-14(2)6-10-16)27-21(26)17-11-12-18(24)23-22-17/h3-10,20H,11-12H2,1-2H3,(H,23,24)/t20-/m0/s1. The van der Waals surface area contributed by atoms with Crippen LogP contribution < -0.4 is 5.43 Å². The molecule has 0 spiro atoms. The van der Waals surface area contributed by atoms with E-state index in [4.69, 9.17) is 4.74 Å². The van der Waals surface area contributed by atoms with Gasteiger partial charge in [0, 0.05) is 24.0 Å². The summed E-state index contributed by atoms with van der Waals surface area (Å²) in [7, 11) is 0. The predicted molar refractivity (Wildman–Crippen MR) is 100 cm³/mol. The molecule has 0 fully saturated rings. The van der Waals surface area contributed by atoms with Crippen LogP contribution in [0.15, 0.2) is 53.6 Å². The molecule has 3 rings (SSSR count). The zero-order valence-electron chi connectivity index (χ0n) is 15.2. The lowest BCUT2D eigenvalue weighted by Gasteiger charge is -2.19. The van der Waals surface area contributed by atoms with Gasteiger partial charge in [0.2, 0.25) is 11.7 Å². The number of carbonyl (C=O) groups is 3. The number of hydrogen-bond donors (Lipinski definition) is 1. The molecule has 0 unspecified atom stereocenters. The van der Waals surface area contributed by atoms with Gasteiger partial charge >= 0.3 is 5.97 Å². The van der Waals surface area contributed by atoms with E-state index in [-0.39, 0.29) is 30.2 Å². The van der Waals surface area contributed by atoms with Crippen LogP contribution in [0.1, 0.15) is 46.0 Å². The van der Waals surface area contributed by atoms with Crippen molar-refractivity contribution in [1.29, 1.82) is 0 Å². The first-order valence-electron chi connectivity index (χ1n) is 8.68. The Balaban J connectivity index is 1.88. The normalized spacial score (nSPS) is 14.7. The number of hydrogen-bond acceptors (Lipinski definition) is 5. The number of Topliss-reactive ketones (excluding diaryl/α,β-unsaturated/α-hetero) is 1. The summed E-state index contributed by atoms with van der Waals surface area (Å²) in [5.74, 6) is -1.27. The number of carbonyl (C=O) groups excluding carboxylic acids is 3. The third-order valence-corrected chi connectivity index (χ3v) is 4.32. The molecule has 0 bridgehead atoms. The van der Waals surface area contributed by atoms with E-state index >= 15 is 0 Å². The third kappa shape index (κ3) is 4.47. The fourth-order valence-corrected chi connectivity index (χ4v) is 2.68. The Bertz CT molecular complexity index is 899. The molecule has 1 N–H and O–H groups in total. The summed E-state index contributed by atoms with van der Waals surface area (Å²) < 4.78 is 5.53. The lowest BCUT2D eigenvalue weighted by molar-refractivity contribution is -0.139. The Labute approximate surface area is 157 Å². The second-order valence-corrected chi connectivity index (χ2v) is 6.52. The van der Waals surface area contributed by atoms with Gasteiger partial charge in [-0.2, -0.15) is 5.10 Å². The van der Waals surface area contributed by atoms with Gasteiger partial charge in [-0.05, 0) is 13.8 Å². The van der Waals surface area contributed by atoms with Gasteiger partial charge < -0.3 is 4.74 Å². The molecule has 0 radical (unpaired) electrons. The SMILES string of the molecule is Cc1ccc(C(=O)[C@@H](OC(=O)C2=NNC(=O)CC2)c2ccc(C)cc2)cc1. The smallest absolute Gasteiger partial charge is 0.355 e. The van der Waals surface area contributed by atoms with Gasteiger partial charge in [-0.25, -0.2) is 10.2 Å². The molecule has 1 heterocycles. The van der Waals surface area contributed by atoms with Crippen LogP contribution in [0.25, 0.3) is 0 Å². The maximum absolute atomic E-state index is 13.0. The van der Waals surface area contributed by atoms with Crippen LogP contribution in [-0.2, 0) is 14.3 Å². The molecule has 2 aromatic rings. The summed E-state index contributed by atoms with van der Waals surface area (Å²) in [6.45, 7) is 3.87. The van der Waals surface area contributed by atoms with Crippen LogP contribution in [0, 0.1) is 13.8 Å². The number of rotatable bonds is 5. The highest BCUT2D eigenvalue weighted by Crippen LogP contribution is 2.24. The third-order valence-electron chi connectivity index (χ3n) is 4.32. The van der Waals surface area contributed by atoms with E-state index in [9.17, 15) is 14.4 Å². The summed E-state index contributed by atoms with van der Waals surface area (Å²) in [6.07, 6.45) is -0.736. The molecule has 27 heavy (non-hydrogen) atoms. The van der Waals surface area contributed by atoms with Gasteiger partial charge in [-0.15, -0.1) is 0 Å². The number of benzene rings is 2. The minimum absolute atomic E-state index is 0.100. The molecule has 2 aromatic carbocycles. The molecule has 1 atom stereocenters. The van der Waals surface area contributed by atoms with Gasteiger partial charge in [0.1, 0.15) is 5.71 Å². The second-order valence-electron chi connectivity index (χ2n) is 6.52. The van der Waals surface area contributed by atoms with Crippen LogP contribution in [-0.4, -0.2) is 23.4 Å². The Morgan fingerprint density at radius 2 is 1.56 bits per heavy atom. The fourth-order valence-electron chi connectivity index (χ4n) is 2.68. The highest BCUT2D eigenvalue weighted by atomic mass is 16.5. The quantitative estimate of drug-likeness (QED) is 0.653. The largest absolute Gasteiger partial charge is 0.444 e. The van der Waals surface area contributed by atoms with E-state index in [0.29, 0.717) is 11.1 Å². The van der Waals surface area contributed by atoms with Crippen LogP contribution >= 0.6 is 0 Å². The van der Waals surface area contributed by atoms with E-state index in [1.54, 1.807) is 24.3 Å². The number of esters is 1. The van der Waals surface area contributed by atoms with E-state index in [0.717, 1.165) is 11.1 Å². The van der Waals surface area contributed by atoms with Gasteiger partial charge in [0.05, 0.1) is 0 Å². The summed E-state index contributed by atoms with van der Waals surface area (Å²) in [5, 5.41) is 3.75. The topological polar surface area (TPSA) is 84.8 Å². The molecule has 0 saturated carbocycles. The summed E-state index contributed by atoms with van der Waals surface area (Å²) in [5.41, 5.74) is 5.47. The first-order valence-corrected chi connectivity index (χ1v) is 8.68. The van der Waals surface area contributed by atoms with E-state index in [1.807, 2.05) is 38.1 Å². The number of ketones is 1. The molecule has 1 amide bonds. The molecule has 0 aliphatic carbocycles. The lowest BCUT2D eigenvalue weighted by Crippen LogP contribution is -2.32. The first kappa shape index (κ1) is 18.5. The summed E-state index contributed by atoms with van der Waals surface area (Å²) in [4.78, 5) is 36.7. The number of hydrazone groups is 1. The van der Waals surface area contributed by atoms with Crippen molar-refractivity contribution in [2.24, 2.45) is 5.10 Å². The van der Waals surface area contributed by atoms with Gasteiger partial charge in [0.25, 0.3) is 0 Å². The van der Waals surface area contributed by atoms with Gasteiger partial charge in [-0.3, -0.25) is 9.59 Å². The number of nitrogens with zero attached hydrogens (tertiary/aromatic N) is 1. The average Bonchev–Trinajstić information content (AvgIpc) is 2.67. The van der Waals surface area contributed by atoms with Crippen molar-refractivity contribution in [1.82, 2.24) is 5.43 Å². The van der Waals surface area contributed by atoms with Gasteiger partial charge in [0.15, 0.2) is 6.10 Å². The zero-order valence-corrected chi connectivity index (χ0v) is 15.2. The van der Waals surface area contributed by atoms with Crippen molar-refractivity contribution < 1.29 is 19.1 Å². The van der Waals surface area contributed by atoms with Crippen molar-refractivity contribution in [3.63, 3.8) is 0 Å². The van der Waals surface area contributed by atoms with E-state index in [1.165, 1.54) is 0 Å².